The molecule has 4 nitrogen and oxygen atoms in total. The van der Waals surface area contributed by atoms with Crippen molar-refractivity contribution in [2.45, 2.75) is 0 Å². The van der Waals surface area contributed by atoms with Crippen LogP contribution in [0.5, 0.6) is 0 Å². The van der Waals surface area contributed by atoms with E-state index in [1.165, 1.54) is 0 Å². The van der Waals surface area contributed by atoms with Gasteiger partial charge in [0.1, 0.15) is 0 Å². The van der Waals surface area contributed by atoms with Crippen LogP contribution < -0.4 is 4.80 Å². The van der Waals surface area contributed by atoms with Gasteiger partial charge in [-0.3, -0.25) is 4.99 Å². The standard InChI is InChI=1S/C19H17Br2N3OS/c1-25-11-10-22-19-24(23-12-14-2-6-16(20)7-3-14)18(13-26-19)15-4-8-17(21)9-5-15/h2-9,12-13H,10-11H2,1H3. The van der Waals surface area contributed by atoms with E-state index in [0.717, 1.165) is 30.6 Å². The minimum atomic E-state index is 0.585. The molecule has 0 bridgehead atoms. The van der Waals surface area contributed by atoms with Crippen LogP contribution in [0.2, 0.25) is 0 Å². The van der Waals surface area contributed by atoms with E-state index in [2.05, 4.69) is 59.5 Å². The van der Waals surface area contributed by atoms with Crippen LogP contribution in [0, 0.1) is 0 Å². The van der Waals surface area contributed by atoms with Crippen LogP contribution in [0.1, 0.15) is 5.56 Å². The molecule has 26 heavy (non-hydrogen) atoms. The number of aromatic nitrogens is 1. The largest absolute Gasteiger partial charge is 0.383 e. The third-order valence-electron chi connectivity index (χ3n) is 3.56. The molecule has 3 aromatic rings. The second kappa shape index (κ2) is 9.41. The van der Waals surface area contributed by atoms with E-state index in [9.17, 15) is 0 Å². The molecule has 0 aliphatic carbocycles. The van der Waals surface area contributed by atoms with E-state index in [1.54, 1.807) is 18.4 Å². The van der Waals surface area contributed by atoms with Crippen LogP contribution in [-0.4, -0.2) is 31.2 Å². The van der Waals surface area contributed by atoms with Crippen LogP contribution in [-0.2, 0) is 4.74 Å². The number of halogens is 2. The van der Waals surface area contributed by atoms with Crippen molar-refractivity contribution in [3.63, 3.8) is 0 Å². The summed E-state index contributed by atoms with van der Waals surface area (Å²) in [6, 6.07) is 16.2. The van der Waals surface area contributed by atoms with Gasteiger partial charge in [-0.2, -0.15) is 5.10 Å². The van der Waals surface area contributed by atoms with E-state index in [-0.39, 0.29) is 0 Å². The maximum Gasteiger partial charge on any atom is 0.206 e. The molecule has 1 heterocycles. The first kappa shape index (κ1) is 19.2. The zero-order valence-corrected chi connectivity index (χ0v) is 18.1. The summed E-state index contributed by atoms with van der Waals surface area (Å²) >= 11 is 8.50. The Labute approximate surface area is 173 Å². The van der Waals surface area contributed by atoms with Gasteiger partial charge in [-0.1, -0.05) is 56.1 Å². The molecule has 0 saturated carbocycles. The summed E-state index contributed by atoms with van der Waals surface area (Å²) in [5, 5.41) is 6.76. The first-order chi connectivity index (χ1) is 12.7. The minimum Gasteiger partial charge on any atom is -0.383 e. The van der Waals surface area contributed by atoms with Crippen molar-refractivity contribution in [1.29, 1.82) is 0 Å². The molecule has 134 valence electrons. The van der Waals surface area contributed by atoms with Gasteiger partial charge >= 0.3 is 0 Å². The highest BCUT2D eigenvalue weighted by Gasteiger charge is 2.07. The first-order valence-corrected chi connectivity index (χ1v) is 10.4. The van der Waals surface area contributed by atoms with Gasteiger partial charge in [0.05, 0.1) is 25.1 Å². The second-order valence-electron chi connectivity index (χ2n) is 5.39. The average Bonchev–Trinajstić information content (AvgIpc) is 3.05. The summed E-state index contributed by atoms with van der Waals surface area (Å²) in [6.45, 7) is 1.19. The molecule has 1 aromatic heterocycles. The summed E-state index contributed by atoms with van der Waals surface area (Å²) < 4.78 is 9.08. The highest BCUT2D eigenvalue weighted by Crippen LogP contribution is 2.22. The number of benzene rings is 2. The van der Waals surface area contributed by atoms with Gasteiger partial charge in [-0.15, -0.1) is 11.3 Å². The predicted molar refractivity (Wildman–Crippen MR) is 115 cm³/mol. The van der Waals surface area contributed by atoms with Crippen molar-refractivity contribution < 1.29 is 4.74 Å². The Kier molecular flexibility index (Phi) is 6.96. The van der Waals surface area contributed by atoms with Crippen molar-refractivity contribution in [3.05, 3.63) is 73.2 Å². The monoisotopic (exact) mass is 493 g/mol. The maximum atomic E-state index is 5.10. The fraction of sp³-hybridized carbons (Fsp3) is 0.158. The van der Waals surface area contributed by atoms with E-state index < -0.39 is 0 Å². The molecule has 0 unspecified atom stereocenters. The molecule has 0 amide bonds. The van der Waals surface area contributed by atoms with Gasteiger partial charge in [0, 0.05) is 27.0 Å². The van der Waals surface area contributed by atoms with Crippen LogP contribution in [0.4, 0.5) is 0 Å². The van der Waals surface area contributed by atoms with Crippen LogP contribution in [0.25, 0.3) is 11.3 Å². The third-order valence-corrected chi connectivity index (χ3v) is 5.47. The quantitative estimate of drug-likeness (QED) is 0.344. The van der Waals surface area contributed by atoms with E-state index in [4.69, 9.17) is 4.74 Å². The van der Waals surface area contributed by atoms with E-state index in [1.807, 2.05) is 47.3 Å². The van der Waals surface area contributed by atoms with Crippen molar-refractivity contribution >= 4 is 49.4 Å². The third kappa shape index (κ3) is 5.01. The second-order valence-corrected chi connectivity index (χ2v) is 8.06. The van der Waals surface area contributed by atoms with Crippen molar-refractivity contribution in [2.24, 2.45) is 10.1 Å². The topological polar surface area (TPSA) is 38.9 Å². The Balaban J connectivity index is 2.01. The summed E-state index contributed by atoms with van der Waals surface area (Å²) in [7, 11) is 1.68. The number of ether oxygens (including phenoxy) is 1. The SMILES string of the molecule is COCCN=c1scc(-c2ccc(Br)cc2)n1N=Cc1ccc(Br)cc1. The molecule has 0 N–H and O–H groups in total. The number of nitrogens with zero attached hydrogens (tertiary/aromatic N) is 3. The zero-order valence-electron chi connectivity index (χ0n) is 14.1. The molecule has 0 atom stereocenters. The van der Waals surface area contributed by atoms with E-state index in [0.29, 0.717) is 13.2 Å². The molecule has 0 saturated heterocycles. The summed E-state index contributed by atoms with van der Waals surface area (Å²) in [4.78, 5) is 5.45. The van der Waals surface area contributed by atoms with Crippen molar-refractivity contribution in [1.82, 2.24) is 4.68 Å². The number of thiazole rings is 1. The summed E-state index contributed by atoms with van der Waals surface area (Å²) in [5.41, 5.74) is 3.12. The molecular formula is C19H17Br2N3OS. The summed E-state index contributed by atoms with van der Waals surface area (Å²) in [5.74, 6) is 0. The molecule has 0 spiro atoms. The Morgan fingerprint density at radius 2 is 1.69 bits per heavy atom. The zero-order chi connectivity index (χ0) is 18.4. The smallest absolute Gasteiger partial charge is 0.206 e. The fourth-order valence-corrected chi connectivity index (χ4v) is 3.64. The molecule has 7 heteroatoms. The minimum absolute atomic E-state index is 0.585. The first-order valence-electron chi connectivity index (χ1n) is 7.93. The fourth-order valence-electron chi connectivity index (χ4n) is 2.24. The van der Waals surface area contributed by atoms with Crippen molar-refractivity contribution in [3.8, 4) is 11.3 Å². The molecule has 0 aliphatic rings. The lowest BCUT2D eigenvalue weighted by atomic mass is 10.2. The number of hydrogen-bond donors (Lipinski definition) is 0. The van der Waals surface area contributed by atoms with Crippen LogP contribution in [0.3, 0.4) is 0 Å². The molecule has 0 radical (unpaired) electrons. The maximum absolute atomic E-state index is 5.10. The Bertz CT molecular complexity index is 944. The Morgan fingerprint density at radius 3 is 2.35 bits per heavy atom. The predicted octanol–water partition coefficient (Wildman–Crippen LogP) is 5.17. The van der Waals surface area contributed by atoms with Gasteiger partial charge in [-0.25, -0.2) is 4.68 Å². The highest BCUT2D eigenvalue weighted by molar-refractivity contribution is 9.10. The lowest BCUT2D eigenvalue weighted by Crippen LogP contribution is -2.13. The number of hydrogen-bond acceptors (Lipinski definition) is 4. The Morgan fingerprint density at radius 1 is 1.04 bits per heavy atom. The van der Waals surface area contributed by atoms with Gasteiger partial charge < -0.3 is 4.74 Å². The summed E-state index contributed by atoms with van der Waals surface area (Å²) in [6.07, 6.45) is 1.84. The number of methoxy groups -OCH3 is 1. The van der Waals surface area contributed by atoms with Crippen LogP contribution >= 0.6 is 43.2 Å². The highest BCUT2D eigenvalue weighted by atomic mass is 79.9. The lowest BCUT2D eigenvalue weighted by Gasteiger charge is -2.04. The van der Waals surface area contributed by atoms with Crippen LogP contribution in [0.15, 0.2) is 73.0 Å². The normalized spacial score (nSPS) is 12.2. The number of rotatable bonds is 6. The van der Waals surface area contributed by atoms with Gasteiger partial charge in [0.15, 0.2) is 0 Å². The van der Waals surface area contributed by atoms with Crippen molar-refractivity contribution in [2.75, 3.05) is 20.3 Å². The molecular weight excluding hydrogens is 478 g/mol. The van der Waals surface area contributed by atoms with Gasteiger partial charge in [-0.05, 0) is 29.8 Å². The Hall–Kier alpha value is -1.54. The molecule has 2 aromatic carbocycles. The molecule has 3 rings (SSSR count). The van der Waals surface area contributed by atoms with Gasteiger partial charge in [0.2, 0.25) is 4.80 Å². The molecule has 0 aliphatic heterocycles. The van der Waals surface area contributed by atoms with E-state index >= 15 is 0 Å². The lowest BCUT2D eigenvalue weighted by molar-refractivity contribution is 0.207. The average molecular weight is 495 g/mol. The molecule has 0 fully saturated rings. The van der Waals surface area contributed by atoms with Gasteiger partial charge in [0.25, 0.3) is 0 Å².